The highest BCUT2D eigenvalue weighted by molar-refractivity contribution is 5.87. The molecule has 2 aromatic rings. The smallest absolute Gasteiger partial charge is 0.408 e. The lowest BCUT2D eigenvalue weighted by Gasteiger charge is -2.41. The van der Waals surface area contributed by atoms with Crippen molar-refractivity contribution in [2.45, 2.75) is 32.7 Å². The van der Waals surface area contributed by atoms with Gasteiger partial charge in [-0.2, -0.15) is 4.98 Å². The molecule has 3 rings (SSSR count). The van der Waals surface area contributed by atoms with E-state index in [1.165, 1.54) is 0 Å². The zero-order chi connectivity index (χ0) is 17.3. The van der Waals surface area contributed by atoms with Crippen LogP contribution in [0.15, 0.2) is 33.5 Å². The summed E-state index contributed by atoms with van der Waals surface area (Å²) in [6.45, 7) is 5.44. The number of fused-ring (bicyclic) bond motifs is 1. The first-order valence-corrected chi connectivity index (χ1v) is 8.03. The lowest BCUT2D eigenvalue weighted by molar-refractivity contribution is -0.126. The van der Waals surface area contributed by atoms with Gasteiger partial charge in [-0.05, 0) is 30.4 Å². The predicted molar refractivity (Wildman–Crippen MR) is 91.5 cm³/mol. The topological polar surface area (TPSA) is 101 Å². The number of benzene rings is 1. The van der Waals surface area contributed by atoms with Crippen LogP contribution in [0.25, 0.3) is 11.0 Å². The van der Waals surface area contributed by atoms with E-state index in [1.54, 1.807) is 12.1 Å². The first kappa shape index (κ1) is 16.4. The van der Waals surface area contributed by atoms with Crippen LogP contribution in [0.3, 0.4) is 0 Å². The number of piperidine rings is 1. The third-order valence-corrected chi connectivity index (χ3v) is 4.58. The summed E-state index contributed by atoms with van der Waals surface area (Å²) < 4.78 is 5.09. The molecule has 1 amide bonds. The first-order valence-electron chi connectivity index (χ1n) is 8.03. The molecule has 2 heterocycles. The summed E-state index contributed by atoms with van der Waals surface area (Å²) in [7, 11) is 0. The monoisotopic (exact) mass is 330 g/mol. The van der Waals surface area contributed by atoms with E-state index in [2.05, 4.69) is 24.1 Å². The number of hydrogen-bond donors (Lipinski definition) is 2. The van der Waals surface area contributed by atoms with Crippen LogP contribution >= 0.6 is 0 Å². The highest BCUT2D eigenvalue weighted by atomic mass is 16.4. The molecule has 1 aromatic carbocycles. The van der Waals surface area contributed by atoms with Crippen molar-refractivity contribution < 1.29 is 9.21 Å². The third-order valence-electron chi connectivity index (χ3n) is 4.58. The molecule has 0 aliphatic carbocycles. The second kappa shape index (κ2) is 6.24. The second-order valence-corrected chi connectivity index (χ2v) is 7.01. The zero-order valence-corrected chi connectivity index (χ0v) is 13.9. The number of carbonyl (C=O) groups excluding carboxylic acids is 1. The molecule has 0 radical (unpaired) electrons. The summed E-state index contributed by atoms with van der Waals surface area (Å²) in [5.74, 6) is -0.521. The molecule has 1 aliphatic heterocycles. The molecule has 0 bridgehead atoms. The Labute approximate surface area is 139 Å². The van der Waals surface area contributed by atoms with Crippen molar-refractivity contribution in [3.63, 3.8) is 0 Å². The Morgan fingerprint density at radius 3 is 2.96 bits per heavy atom. The Bertz CT molecular complexity index is 815. The maximum Gasteiger partial charge on any atom is 0.441 e. The van der Waals surface area contributed by atoms with Crippen molar-refractivity contribution in [1.29, 1.82) is 0 Å². The molecule has 7 heteroatoms. The number of carbonyl (C=O) groups is 1. The highest BCUT2D eigenvalue weighted by Gasteiger charge is 2.36. The Balaban J connectivity index is 1.80. The summed E-state index contributed by atoms with van der Waals surface area (Å²) in [6.07, 6.45) is 1.69. The molecular weight excluding hydrogens is 308 g/mol. The lowest BCUT2D eigenvalue weighted by Crippen LogP contribution is -2.53. The fourth-order valence-electron chi connectivity index (χ4n) is 3.16. The van der Waals surface area contributed by atoms with E-state index in [4.69, 9.17) is 10.2 Å². The van der Waals surface area contributed by atoms with E-state index in [-0.39, 0.29) is 17.4 Å². The number of rotatable bonds is 4. The van der Waals surface area contributed by atoms with E-state index < -0.39 is 5.76 Å². The number of nitrogens with zero attached hydrogens (tertiary/aromatic N) is 2. The minimum Gasteiger partial charge on any atom is -0.408 e. The third kappa shape index (κ3) is 3.41. The van der Waals surface area contributed by atoms with Crippen LogP contribution in [0.4, 0.5) is 5.82 Å². The van der Waals surface area contributed by atoms with E-state index in [0.717, 1.165) is 24.8 Å². The van der Waals surface area contributed by atoms with Gasteiger partial charge in [0, 0.05) is 6.54 Å². The molecule has 7 nitrogen and oxygen atoms in total. The van der Waals surface area contributed by atoms with Crippen LogP contribution in [0.1, 0.15) is 26.7 Å². The normalized spacial score (nSPS) is 20.8. The quantitative estimate of drug-likeness (QED) is 0.881. The fraction of sp³-hybridized carbons (Fsp3) is 0.471. The van der Waals surface area contributed by atoms with Crippen molar-refractivity contribution in [2.75, 3.05) is 18.5 Å². The standard InChI is InChI=1S/C17H22N4O3/c1-17(2)7-8-21(12(9-17)14(18)22)10-19-15-11-5-3-4-6-13(11)24-16(23)20-15/h3-6,12H,7-10H2,1-2H3,(H2,18,22)(H,19,20,23). The number of anilines is 1. The van der Waals surface area contributed by atoms with Gasteiger partial charge in [0.25, 0.3) is 0 Å². The van der Waals surface area contributed by atoms with E-state index in [0.29, 0.717) is 18.1 Å². The summed E-state index contributed by atoms with van der Waals surface area (Å²) in [4.78, 5) is 29.3. The first-order chi connectivity index (χ1) is 11.4. The molecule has 24 heavy (non-hydrogen) atoms. The van der Waals surface area contributed by atoms with Gasteiger partial charge < -0.3 is 15.5 Å². The number of para-hydroxylation sites is 1. The lowest BCUT2D eigenvalue weighted by atomic mass is 9.78. The summed E-state index contributed by atoms with van der Waals surface area (Å²) in [5.41, 5.74) is 6.14. The van der Waals surface area contributed by atoms with Crippen LogP contribution in [-0.4, -0.2) is 35.0 Å². The maximum absolute atomic E-state index is 11.8. The van der Waals surface area contributed by atoms with E-state index >= 15 is 0 Å². The summed E-state index contributed by atoms with van der Waals surface area (Å²) in [5, 5.41) is 3.88. The van der Waals surface area contributed by atoms with Gasteiger partial charge in [0.1, 0.15) is 11.4 Å². The van der Waals surface area contributed by atoms with Crippen LogP contribution in [0.2, 0.25) is 0 Å². The van der Waals surface area contributed by atoms with Crippen LogP contribution in [-0.2, 0) is 4.79 Å². The van der Waals surface area contributed by atoms with Gasteiger partial charge in [0.2, 0.25) is 5.91 Å². The maximum atomic E-state index is 11.8. The second-order valence-electron chi connectivity index (χ2n) is 7.01. The van der Waals surface area contributed by atoms with Gasteiger partial charge in [-0.1, -0.05) is 26.0 Å². The van der Waals surface area contributed by atoms with Crippen LogP contribution in [0, 0.1) is 5.41 Å². The molecule has 3 N–H and O–H groups in total. The number of aromatic nitrogens is 1. The molecular formula is C17H22N4O3. The van der Waals surface area contributed by atoms with Gasteiger partial charge in [-0.3, -0.25) is 9.69 Å². The number of likely N-dealkylation sites (tertiary alicyclic amines) is 1. The molecule has 1 atom stereocenters. The summed E-state index contributed by atoms with van der Waals surface area (Å²) >= 11 is 0. The minimum atomic E-state index is -0.651. The average molecular weight is 330 g/mol. The molecule has 0 saturated carbocycles. The number of hydrogen-bond acceptors (Lipinski definition) is 6. The zero-order valence-electron chi connectivity index (χ0n) is 13.9. The van der Waals surface area contributed by atoms with Crippen molar-refractivity contribution in [1.82, 2.24) is 9.88 Å². The van der Waals surface area contributed by atoms with Crippen LogP contribution < -0.4 is 16.8 Å². The largest absolute Gasteiger partial charge is 0.441 e. The average Bonchev–Trinajstić information content (AvgIpc) is 2.52. The number of nitrogens with one attached hydrogen (secondary N) is 1. The van der Waals surface area contributed by atoms with E-state index in [9.17, 15) is 9.59 Å². The van der Waals surface area contributed by atoms with Gasteiger partial charge in [-0.25, -0.2) is 4.79 Å². The Kier molecular flexibility index (Phi) is 4.28. The molecule has 0 spiro atoms. The molecule has 1 saturated heterocycles. The Morgan fingerprint density at radius 1 is 1.46 bits per heavy atom. The minimum absolute atomic E-state index is 0.0922. The molecule has 1 aliphatic rings. The van der Waals surface area contributed by atoms with Gasteiger partial charge in [0.05, 0.1) is 18.1 Å². The van der Waals surface area contributed by atoms with Crippen molar-refractivity contribution in [2.24, 2.45) is 11.1 Å². The Hall–Kier alpha value is -2.41. The highest BCUT2D eigenvalue weighted by Crippen LogP contribution is 2.33. The van der Waals surface area contributed by atoms with Gasteiger partial charge in [-0.15, -0.1) is 0 Å². The Morgan fingerprint density at radius 2 is 2.21 bits per heavy atom. The van der Waals surface area contributed by atoms with E-state index in [1.807, 2.05) is 17.0 Å². The van der Waals surface area contributed by atoms with Gasteiger partial charge >= 0.3 is 5.76 Å². The summed E-state index contributed by atoms with van der Waals surface area (Å²) in [6, 6.07) is 6.88. The number of nitrogens with two attached hydrogens (primary N) is 1. The number of amides is 1. The fourth-order valence-corrected chi connectivity index (χ4v) is 3.16. The van der Waals surface area contributed by atoms with Crippen molar-refractivity contribution in [3.05, 3.63) is 34.8 Å². The van der Waals surface area contributed by atoms with Crippen LogP contribution in [0.5, 0.6) is 0 Å². The van der Waals surface area contributed by atoms with Crippen molar-refractivity contribution in [3.8, 4) is 0 Å². The van der Waals surface area contributed by atoms with Gasteiger partial charge in [0.15, 0.2) is 0 Å². The predicted octanol–water partition coefficient (Wildman–Crippen LogP) is 1.53. The van der Waals surface area contributed by atoms with Crippen molar-refractivity contribution >= 4 is 22.7 Å². The molecule has 128 valence electrons. The SMILES string of the molecule is CC1(C)CCN(CNc2nc(=O)oc3ccccc23)C(C(N)=O)C1. The number of primary amides is 1. The molecule has 1 aromatic heterocycles. The molecule has 1 unspecified atom stereocenters. The molecule has 1 fully saturated rings.